The molecule has 0 saturated carbocycles. The summed E-state index contributed by atoms with van der Waals surface area (Å²) in [7, 11) is 3.31. The molecule has 1 aliphatic rings. The number of methoxy groups -OCH3 is 2. The summed E-state index contributed by atoms with van der Waals surface area (Å²) in [6.45, 7) is 2.79. The standard InChI is InChI=1S/C25H27NO3S2/c1-17-6-8-18(9-7-17)15-30-16-24(27)26-11-10-19-13-21(28-2)22(29-3)14-20(19)25(26)23-5-4-12-31-23/h4-9,12-14,25H,10-11,15-16H2,1-3H3. The van der Waals surface area contributed by atoms with Crippen molar-refractivity contribution in [1.82, 2.24) is 4.90 Å². The molecule has 2 aromatic carbocycles. The average molecular weight is 454 g/mol. The lowest BCUT2D eigenvalue weighted by atomic mass is 9.91. The molecule has 0 bridgehead atoms. The highest BCUT2D eigenvalue weighted by molar-refractivity contribution is 7.99. The number of thioether (sulfide) groups is 1. The summed E-state index contributed by atoms with van der Waals surface area (Å²) < 4.78 is 11.1. The number of amides is 1. The molecule has 3 aromatic rings. The van der Waals surface area contributed by atoms with Gasteiger partial charge in [0.05, 0.1) is 26.0 Å². The Morgan fingerprint density at radius 2 is 1.87 bits per heavy atom. The summed E-state index contributed by atoms with van der Waals surface area (Å²) in [6, 6.07) is 16.7. The molecule has 0 fully saturated rings. The number of ether oxygens (including phenoxy) is 2. The highest BCUT2D eigenvalue weighted by Gasteiger charge is 2.33. The largest absolute Gasteiger partial charge is 0.493 e. The van der Waals surface area contributed by atoms with Gasteiger partial charge in [-0.05, 0) is 53.6 Å². The normalized spacial score (nSPS) is 15.5. The van der Waals surface area contributed by atoms with Crippen LogP contribution in [0.5, 0.6) is 11.5 Å². The van der Waals surface area contributed by atoms with Crippen molar-refractivity contribution >= 4 is 29.0 Å². The van der Waals surface area contributed by atoms with Crippen molar-refractivity contribution in [3.63, 3.8) is 0 Å². The van der Waals surface area contributed by atoms with Crippen LogP contribution in [0, 0.1) is 6.92 Å². The highest BCUT2D eigenvalue weighted by atomic mass is 32.2. The van der Waals surface area contributed by atoms with Crippen molar-refractivity contribution in [2.24, 2.45) is 0 Å². The summed E-state index contributed by atoms with van der Waals surface area (Å²) in [5, 5.41) is 2.07. The maximum Gasteiger partial charge on any atom is 0.233 e. The van der Waals surface area contributed by atoms with Gasteiger partial charge in [-0.2, -0.15) is 0 Å². The molecule has 4 rings (SSSR count). The number of thiophene rings is 1. The van der Waals surface area contributed by atoms with Crippen molar-refractivity contribution in [1.29, 1.82) is 0 Å². The van der Waals surface area contributed by atoms with Gasteiger partial charge in [-0.15, -0.1) is 23.1 Å². The zero-order valence-electron chi connectivity index (χ0n) is 18.1. The fourth-order valence-electron chi connectivity index (χ4n) is 3.99. The SMILES string of the molecule is COc1cc2c(cc1OC)C(c1cccs1)N(C(=O)CSCc1ccc(C)cc1)CC2. The van der Waals surface area contributed by atoms with Crippen LogP contribution in [0.25, 0.3) is 0 Å². The van der Waals surface area contributed by atoms with Gasteiger partial charge in [0.1, 0.15) is 0 Å². The predicted molar refractivity (Wildman–Crippen MR) is 128 cm³/mol. The Labute approximate surface area is 192 Å². The molecule has 2 heterocycles. The second kappa shape index (κ2) is 9.79. The van der Waals surface area contributed by atoms with E-state index < -0.39 is 0 Å². The minimum absolute atomic E-state index is 0.0870. The van der Waals surface area contributed by atoms with Gasteiger partial charge in [0.2, 0.25) is 5.91 Å². The van der Waals surface area contributed by atoms with Gasteiger partial charge >= 0.3 is 0 Å². The number of carbonyl (C=O) groups excluding carboxylic acids is 1. The lowest BCUT2D eigenvalue weighted by Gasteiger charge is -2.37. The van der Waals surface area contributed by atoms with E-state index in [9.17, 15) is 4.79 Å². The van der Waals surface area contributed by atoms with E-state index >= 15 is 0 Å². The van der Waals surface area contributed by atoms with E-state index in [-0.39, 0.29) is 11.9 Å². The summed E-state index contributed by atoms with van der Waals surface area (Å²) in [5.74, 6) is 2.92. The van der Waals surface area contributed by atoms with Crippen LogP contribution < -0.4 is 9.47 Å². The van der Waals surface area contributed by atoms with E-state index in [4.69, 9.17) is 9.47 Å². The third kappa shape index (κ3) is 4.75. The summed E-state index contributed by atoms with van der Waals surface area (Å²) >= 11 is 3.36. The molecule has 1 atom stereocenters. The van der Waals surface area contributed by atoms with Crippen LogP contribution in [0.3, 0.4) is 0 Å². The molecule has 0 radical (unpaired) electrons. The zero-order chi connectivity index (χ0) is 21.8. The summed E-state index contributed by atoms with van der Waals surface area (Å²) in [6.07, 6.45) is 0.811. The Bertz CT molecular complexity index is 1030. The molecule has 0 spiro atoms. The Balaban J connectivity index is 1.56. The fourth-order valence-corrected chi connectivity index (χ4v) is 5.72. The van der Waals surface area contributed by atoms with Crippen LogP contribution in [0.1, 0.15) is 33.2 Å². The Morgan fingerprint density at radius 3 is 2.55 bits per heavy atom. The van der Waals surface area contributed by atoms with Crippen LogP contribution in [-0.2, 0) is 17.0 Å². The number of nitrogens with zero attached hydrogens (tertiary/aromatic N) is 1. The quantitative estimate of drug-likeness (QED) is 0.475. The molecule has 0 aliphatic carbocycles. The maximum absolute atomic E-state index is 13.3. The lowest BCUT2D eigenvalue weighted by molar-refractivity contribution is -0.130. The molecule has 162 valence electrons. The smallest absolute Gasteiger partial charge is 0.233 e. The Morgan fingerprint density at radius 1 is 1.13 bits per heavy atom. The number of benzene rings is 2. The molecular weight excluding hydrogens is 426 g/mol. The molecule has 1 amide bonds. The van der Waals surface area contributed by atoms with Gasteiger partial charge in [-0.1, -0.05) is 35.9 Å². The first kappa shape index (κ1) is 21.8. The zero-order valence-corrected chi connectivity index (χ0v) is 19.7. The van der Waals surface area contributed by atoms with Crippen molar-refractivity contribution in [2.75, 3.05) is 26.5 Å². The van der Waals surface area contributed by atoms with Gasteiger partial charge in [-0.3, -0.25) is 4.79 Å². The van der Waals surface area contributed by atoms with Crippen LogP contribution in [0.2, 0.25) is 0 Å². The van der Waals surface area contributed by atoms with E-state index in [1.807, 2.05) is 17.0 Å². The van der Waals surface area contributed by atoms with Crippen molar-refractivity contribution < 1.29 is 14.3 Å². The van der Waals surface area contributed by atoms with Gasteiger partial charge in [0.15, 0.2) is 11.5 Å². The lowest BCUT2D eigenvalue weighted by Crippen LogP contribution is -2.41. The molecule has 0 N–H and O–H groups in total. The minimum atomic E-state index is -0.0870. The first-order chi connectivity index (χ1) is 15.1. The van der Waals surface area contributed by atoms with Gasteiger partial charge in [0.25, 0.3) is 0 Å². The summed E-state index contributed by atoms with van der Waals surface area (Å²) in [5.41, 5.74) is 4.84. The first-order valence-corrected chi connectivity index (χ1v) is 12.3. The molecule has 4 nitrogen and oxygen atoms in total. The number of hydrogen-bond acceptors (Lipinski definition) is 5. The predicted octanol–water partition coefficient (Wildman–Crippen LogP) is 5.48. The maximum atomic E-state index is 13.3. The monoisotopic (exact) mass is 453 g/mol. The van der Waals surface area contributed by atoms with E-state index in [2.05, 4.69) is 48.7 Å². The fraction of sp³-hybridized carbons (Fsp3) is 0.320. The number of carbonyl (C=O) groups is 1. The van der Waals surface area contributed by atoms with Crippen molar-refractivity contribution in [3.8, 4) is 11.5 Å². The second-order valence-electron chi connectivity index (χ2n) is 7.64. The minimum Gasteiger partial charge on any atom is -0.493 e. The van der Waals surface area contributed by atoms with Crippen molar-refractivity contribution in [3.05, 3.63) is 81.0 Å². The molecule has 0 saturated heterocycles. The molecule has 1 aromatic heterocycles. The molecule has 1 unspecified atom stereocenters. The van der Waals surface area contributed by atoms with Gasteiger partial charge < -0.3 is 14.4 Å². The van der Waals surface area contributed by atoms with Crippen LogP contribution in [-0.4, -0.2) is 37.3 Å². The van der Waals surface area contributed by atoms with E-state index in [1.165, 1.54) is 21.6 Å². The molecule has 1 aliphatic heterocycles. The molecule has 6 heteroatoms. The average Bonchev–Trinajstić information content (AvgIpc) is 3.33. The first-order valence-electron chi connectivity index (χ1n) is 10.3. The highest BCUT2D eigenvalue weighted by Crippen LogP contribution is 2.42. The Kier molecular flexibility index (Phi) is 6.88. The number of aryl methyl sites for hydroxylation is 1. The van der Waals surface area contributed by atoms with E-state index in [0.717, 1.165) is 23.5 Å². The van der Waals surface area contributed by atoms with Crippen LogP contribution in [0.15, 0.2) is 53.9 Å². The number of fused-ring (bicyclic) bond motifs is 1. The molecule has 31 heavy (non-hydrogen) atoms. The number of hydrogen-bond donors (Lipinski definition) is 0. The van der Waals surface area contributed by atoms with E-state index in [1.54, 1.807) is 37.3 Å². The van der Waals surface area contributed by atoms with Crippen molar-refractivity contribution in [2.45, 2.75) is 25.1 Å². The Hall–Kier alpha value is -2.44. The topological polar surface area (TPSA) is 38.8 Å². The second-order valence-corrected chi connectivity index (χ2v) is 9.60. The molecular formula is C25H27NO3S2. The van der Waals surface area contributed by atoms with Crippen LogP contribution >= 0.6 is 23.1 Å². The van der Waals surface area contributed by atoms with E-state index in [0.29, 0.717) is 18.0 Å². The summed E-state index contributed by atoms with van der Waals surface area (Å²) in [4.78, 5) is 16.5. The van der Waals surface area contributed by atoms with Gasteiger partial charge in [0, 0.05) is 17.2 Å². The number of rotatable bonds is 7. The third-order valence-electron chi connectivity index (χ3n) is 5.62. The van der Waals surface area contributed by atoms with Crippen LogP contribution in [0.4, 0.5) is 0 Å². The van der Waals surface area contributed by atoms with Gasteiger partial charge in [-0.25, -0.2) is 0 Å². The third-order valence-corrected chi connectivity index (χ3v) is 7.53.